The quantitative estimate of drug-likeness (QED) is 0.739. The Hall–Kier alpha value is -1.92. The van der Waals surface area contributed by atoms with Crippen molar-refractivity contribution in [3.05, 3.63) is 35.9 Å². The third kappa shape index (κ3) is 4.29. The molecule has 0 aromatic heterocycles. The number of ether oxygens (including phenoxy) is 1. The van der Waals surface area contributed by atoms with E-state index in [0.29, 0.717) is 38.3 Å². The van der Waals surface area contributed by atoms with Gasteiger partial charge in [-0.1, -0.05) is 18.2 Å². The Balaban J connectivity index is 1.98. The summed E-state index contributed by atoms with van der Waals surface area (Å²) in [6.45, 7) is 2.87. The van der Waals surface area contributed by atoms with Crippen LogP contribution in [0, 0.1) is 0 Å². The molecular formula is C16H23N3O3. The largest absolute Gasteiger partial charge is 0.385 e. The van der Waals surface area contributed by atoms with E-state index in [0.717, 1.165) is 6.42 Å². The number of amides is 2. The van der Waals surface area contributed by atoms with Gasteiger partial charge in [-0.05, 0) is 18.6 Å². The molecule has 1 fully saturated rings. The van der Waals surface area contributed by atoms with Crippen molar-refractivity contribution in [1.82, 2.24) is 15.5 Å². The van der Waals surface area contributed by atoms with Gasteiger partial charge in [0.05, 0.1) is 0 Å². The van der Waals surface area contributed by atoms with Gasteiger partial charge in [-0.2, -0.15) is 0 Å². The lowest BCUT2D eigenvalue weighted by molar-refractivity contribution is -0.126. The van der Waals surface area contributed by atoms with E-state index in [-0.39, 0.29) is 11.8 Å². The SMILES string of the molecule is COCCCNC(=O)[C@H]1CNCCN1C(=O)c1ccccc1. The maximum absolute atomic E-state index is 12.6. The molecule has 0 unspecified atom stereocenters. The summed E-state index contributed by atoms with van der Waals surface area (Å²) in [6.07, 6.45) is 0.759. The Morgan fingerprint density at radius 2 is 2.14 bits per heavy atom. The van der Waals surface area contributed by atoms with Gasteiger partial charge in [0.2, 0.25) is 5.91 Å². The van der Waals surface area contributed by atoms with Crippen molar-refractivity contribution < 1.29 is 14.3 Å². The number of methoxy groups -OCH3 is 1. The van der Waals surface area contributed by atoms with Crippen LogP contribution in [0.5, 0.6) is 0 Å². The zero-order valence-electron chi connectivity index (χ0n) is 12.9. The molecule has 1 aliphatic rings. The molecule has 0 radical (unpaired) electrons. The van der Waals surface area contributed by atoms with Gasteiger partial charge in [-0.25, -0.2) is 0 Å². The summed E-state index contributed by atoms with van der Waals surface area (Å²) in [7, 11) is 1.63. The lowest BCUT2D eigenvalue weighted by Gasteiger charge is -2.35. The molecule has 0 bridgehead atoms. The molecule has 6 nitrogen and oxygen atoms in total. The highest BCUT2D eigenvalue weighted by Gasteiger charge is 2.32. The predicted octanol–water partition coefficient (Wildman–Crippen LogP) is 0.253. The van der Waals surface area contributed by atoms with E-state index in [9.17, 15) is 9.59 Å². The predicted molar refractivity (Wildman–Crippen MR) is 83.6 cm³/mol. The maximum atomic E-state index is 12.6. The molecule has 1 aromatic carbocycles. The fourth-order valence-corrected chi connectivity index (χ4v) is 2.47. The number of benzene rings is 1. The zero-order chi connectivity index (χ0) is 15.8. The second-order valence-corrected chi connectivity index (χ2v) is 5.22. The van der Waals surface area contributed by atoms with E-state index in [1.807, 2.05) is 18.2 Å². The molecule has 0 aliphatic carbocycles. The van der Waals surface area contributed by atoms with Crippen molar-refractivity contribution in [3.63, 3.8) is 0 Å². The van der Waals surface area contributed by atoms with E-state index in [1.165, 1.54) is 0 Å². The molecule has 22 heavy (non-hydrogen) atoms. The van der Waals surface area contributed by atoms with Crippen molar-refractivity contribution >= 4 is 11.8 Å². The smallest absolute Gasteiger partial charge is 0.254 e. The van der Waals surface area contributed by atoms with Crippen LogP contribution in [0.3, 0.4) is 0 Å². The molecule has 6 heteroatoms. The van der Waals surface area contributed by atoms with Gasteiger partial charge in [0, 0.05) is 45.5 Å². The average molecular weight is 305 g/mol. The minimum atomic E-state index is -0.469. The van der Waals surface area contributed by atoms with Gasteiger partial charge in [0.15, 0.2) is 0 Å². The second kappa shape index (κ2) is 8.51. The summed E-state index contributed by atoms with van der Waals surface area (Å²) >= 11 is 0. The highest BCUT2D eigenvalue weighted by Crippen LogP contribution is 2.11. The summed E-state index contributed by atoms with van der Waals surface area (Å²) in [5.74, 6) is -0.216. The first-order valence-electron chi connectivity index (χ1n) is 7.57. The zero-order valence-corrected chi connectivity index (χ0v) is 12.9. The summed E-state index contributed by atoms with van der Waals surface area (Å²) in [6, 6.07) is 8.61. The highest BCUT2D eigenvalue weighted by molar-refractivity contribution is 5.97. The van der Waals surface area contributed by atoms with Gasteiger partial charge >= 0.3 is 0 Å². The highest BCUT2D eigenvalue weighted by atomic mass is 16.5. The van der Waals surface area contributed by atoms with E-state index < -0.39 is 6.04 Å². The summed E-state index contributed by atoms with van der Waals surface area (Å²) < 4.78 is 4.96. The topological polar surface area (TPSA) is 70.7 Å². The monoisotopic (exact) mass is 305 g/mol. The molecule has 1 aromatic rings. The van der Waals surface area contributed by atoms with E-state index >= 15 is 0 Å². The average Bonchev–Trinajstić information content (AvgIpc) is 2.58. The number of carbonyl (C=O) groups excluding carboxylic acids is 2. The van der Waals surface area contributed by atoms with Crippen molar-refractivity contribution in [2.75, 3.05) is 39.9 Å². The van der Waals surface area contributed by atoms with Crippen LogP contribution < -0.4 is 10.6 Å². The van der Waals surface area contributed by atoms with E-state index in [4.69, 9.17) is 4.74 Å². The van der Waals surface area contributed by atoms with Gasteiger partial charge in [0.25, 0.3) is 5.91 Å². The molecular weight excluding hydrogens is 282 g/mol. The number of hydrogen-bond acceptors (Lipinski definition) is 4. The third-order valence-corrected chi connectivity index (χ3v) is 3.65. The summed E-state index contributed by atoms with van der Waals surface area (Å²) in [5, 5.41) is 6.04. The van der Waals surface area contributed by atoms with Crippen LogP contribution in [0.1, 0.15) is 16.8 Å². The van der Waals surface area contributed by atoms with Crippen LogP contribution in [0.2, 0.25) is 0 Å². The Bertz CT molecular complexity index is 493. The van der Waals surface area contributed by atoms with Gasteiger partial charge < -0.3 is 20.3 Å². The number of nitrogens with one attached hydrogen (secondary N) is 2. The molecule has 0 spiro atoms. The van der Waals surface area contributed by atoms with E-state index in [2.05, 4.69) is 10.6 Å². The fourth-order valence-electron chi connectivity index (χ4n) is 2.47. The maximum Gasteiger partial charge on any atom is 0.254 e. The fraction of sp³-hybridized carbons (Fsp3) is 0.500. The van der Waals surface area contributed by atoms with Gasteiger partial charge in [-0.15, -0.1) is 0 Å². The number of piperazine rings is 1. The van der Waals surface area contributed by atoms with Gasteiger partial charge in [-0.3, -0.25) is 9.59 Å². The second-order valence-electron chi connectivity index (χ2n) is 5.22. The first-order valence-corrected chi connectivity index (χ1v) is 7.57. The van der Waals surface area contributed by atoms with Crippen LogP contribution >= 0.6 is 0 Å². The molecule has 0 saturated carbocycles. The normalized spacial score (nSPS) is 18.0. The first-order chi connectivity index (χ1) is 10.7. The van der Waals surface area contributed by atoms with Crippen molar-refractivity contribution in [3.8, 4) is 0 Å². The lowest BCUT2D eigenvalue weighted by atomic mass is 10.1. The Kier molecular flexibility index (Phi) is 6.36. The number of rotatable bonds is 6. The Morgan fingerprint density at radius 1 is 1.36 bits per heavy atom. The van der Waals surface area contributed by atoms with Crippen LogP contribution in [0.25, 0.3) is 0 Å². The Morgan fingerprint density at radius 3 is 2.86 bits per heavy atom. The molecule has 2 amide bonds. The minimum absolute atomic E-state index is 0.0980. The van der Waals surface area contributed by atoms with E-state index in [1.54, 1.807) is 24.1 Å². The van der Waals surface area contributed by atoms with Crippen LogP contribution in [0.4, 0.5) is 0 Å². The minimum Gasteiger partial charge on any atom is -0.385 e. The molecule has 120 valence electrons. The number of nitrogens with zero attached hydrogens (tertiary/aromatic N) is 1. The van der Waals surface area contributed by atoms with Gasteiger partial charge in [0.1, 0.15) is 6.04 Å². The molecule has 1 atom stereocenters. The molecule has 1 saturated heterocycles. The van der Waals surface area contributed by atoms with Crippen molar-refractivity contribution in [1.29, 1.82) is 0 Å². The van der Waals surface area contributed by atoms with Crippen molar-refractivity contribution in [2.45, 2.75) is 12.5 Å². The van der Waals surface area contributed by atoms with Crippen LogP contribution in [-0.4, -0.2) is 62.7 Å². The molecule has 1 aliphatic heterocycles. The van der Waals surface area contributed by atoms with Crippen molar-refractivity contribution in [2.24, 2.45) is 0 Å². The molecule has 2 rings (SSSR count). The molecule has 2 N–H and O–H groups in total. The summed E-state index contributed by atoms with van der Waals surface area (Å²) in [4.78, 5) is 26.6. The first kappa shape index (κ1) is 16.5. The lowest BCUT2D eigenvalue weighted by Crippen LogP contribution is -2.59. The number of hydrogen-bond donors (Lipinski definition) is 2. The molecule has 1 heterocycles. The third-order valence-electron chi connectivity index (χ3n) is 3.65. The Labute approximate surface area is 130 Å². The van der Waals surface area contributed by atoms with Crippen LogP contribution in [-0.2, 0) is 9.53 Å². The summed E-state index contributed by atoms with van der Waals surface area (Å²) in [5.41, 5.74) is 0.613. The standard InChI is InChI=1S/C16H23N3O3/c1-22-11-5-8-18-15(20)14-12-17-9-10-19(14)16(21)13-6-3-2-4-7-13/h2-4,6-7,14,17H,5,8-12H2,1H3,(H,18,20)/t14-/m1/s1. The number of carbonyl (C=O) groups is 2. The van der Waals surface area contributed by atoms with Crippen LogP contribution in [0.15, 0.2) is 30.3 Å².